The van der Waals surface area contributed by atoms with Gasteiger partial charge in [0.2, 0.25) is 0 Å². The highest BCUT2D eigenvalue weighted by Crippen LogP contribution is 2.53. The van der Waals surface area contributed by atoms with Crippen molar-refractivity contribution in [3.63, 3.8) is 0 Å². The van der Waals surface area contributed by atoms with E-state index in [2.05, 4.69) is 18.8 Å². The summed E-state index contributed by atoms with van der Waals surface area (Å²) < 4.78 is 11.6. The smallest absolute Gasteiger partial charge is 0.0661 e. The summed E-state index contributed by atoms with van der Waals surface area (Å²) >= 11 is 0. The van der Waals surface area contributed by atoms with Crippen molar-refractivity contribution >= 4 is 0 Å². The first-order valence-corrected chi connectivity index (χ1v) is 8.37. The number of rotatable bonds is 9. The van der Waals surface area contributed by atoms with Crippen LogP contribution in [0.5, 0.6) is 0 Å². The molecule has 1 spiro atoms. The molecule has 20 heavy (non-hydrogen) atoms. The quantitative estimate of drug-likeness (QED) is 0.519. The molecule has 116 valence electrons. The minimum absolute atomic E-state index is 0.426. The molecule has 2 aliphatic rings. The summed E-state index contributed by atoms with van der Waals surface area (Å²) in [7, 11) is 0. The van der Waals surface area contributed by atoms with Crippen LogP contribution in [0.25, 0.3) is 0 Å². The van der Waals surface area contributed by atoms with Gasteiger partial charge in [-0.25, -0.2) is 0 Å². The molecular weight excluding hydrogens is 250 g/mol. The highest BCUT2D eigenvalue weighted by molar-refractivity contribution is 5.08. The second-order valence-electron chi connectivity index (χ2n) is 6.17. The van der Waals surface area contributed by atoms with Gasteiger partial charge in [-0.2, -0.15) is 0 Å². The summed E-state index contributed by atoms with van der Waals surface area (Å²) in [5.74, 6) is 0. The van der Waals surface area contributed by atoms with E-state index in [1.54, 1.807) is 0 Å². The van der Waals surface area contributed by atoms with Crippen molar-refractivity contribution in [1.82, 2.24) is 5.32 Å². The van der Waals surface area contributed by atoms with Gasteiger partial charge in [-0.05, 0) is 32.6 Å². The van der Waals surface area contributed by atoms with Crippen LogP contribution in [0.1, 0.15) is 51.9 Å². The fourth-order valence-electron chi connectivity index (χ4n) is 3.92. The van der Waals surface area contributed by atoms with Crippen molar-refractivity contribution in [2.24, 2.45) is 5.41 Å². The molecule has 2 atom stereocenters. The average Bonchev–Trinajstić information content (AvgIpc) is 2.49. The normalized spacial score (nSPS) is 28.2. The van der Waals surface area contributed by atoms with Crippen molar-refractivity contribution in [3.8, 4) is 0 Å². The molecule has 0 bridgehead atoms. The molecule has 2 unspecified atom stereocenters. The molecular formula is C17H31NO2. The predicted octanol–water partition coefficient (Wildman–Crippen LogP) is 3.30. The van der Waals surface area contributed by atoms with E-state index in [0.717, 1.165) is 32.8 Å². The van der Waals surface area contributed by atoms with E-state index in [0.29, 0.717) is 17.6 Å². The van der Waals surface area contributed by atoms with Crippen LogP contribution in [0.2, 0.25) is 0 Å². The summed E-state index contributed by atoms with van der Waals surface area (Å²) in [4.78, 5) is 0. The van der Waals surface area contributed by atoms with Crippen molar-refractivity contribution < 1.29 is 9.47 Å². The average molecular weight is 281 g/mol. The molecule has 2 fully saturated rings. The first-order valence-electron chi connectivity index (χ1n) is 8.37. The predicted molar refractivity (Wildman–Crippen MR) is 83.0 cm³/mol. The maximum Gasteiger partial charge on any atom is 0.0661 e. The molecule has 0 radical (unpaired) electrons. The molecule has 3 heteroatoms. The van der Waals surface area contributed by atoms with Gasteiger partial charge in [0.15, 0.2) is 0 Å². The van der Waals surface area contributed by atoms with Gasteiger partial charge < -0.3 is 14.8 Å². The van der Waals surface area contributed by atoms with Crippen LogP contribution in [-0.4, -0.2) is 38.5 Å². The summed E-state index contributed by atoms with van der Waals surface area (Å²) in [6.07, 6.45) is 11.3. The van der Waals surface area contributed by atoms with E-state index in [-0.39, 0.29) is 0 Å². The molecule has 3 nitrogen and oxygen atoms in total. The van der Waals surface area contributed by atoms with Gasteiger partial charge in [0.25, 0.3) is 0 Å². The maximum absolute atomic E-state index is 5.98. The van der Waals surface area contributed by atoms with E-state index < -0.39 is 0 Å². The Morgan fingerprint density at radius 1 is 1.25 bits per heavy atom. The van der Waals surface area contributed by atoms with Gasteiger partial charge in [-0.3, -0.25) is 0 Å². The number of nitrogens with one attached hydrogen (secondary N) is 1. The highest BCUT2D eigenvalue weighted by Gasteiger charge is 2.55. The van der Waals surface area contributed by atoms with Crippen LogP contribution < -0.4 is 5.32 Å². The van der Waals surface area contributed by atoms with Gasteiger partial charge >= 0.3 is 0 Å². The molecule has 2 aliphatic carbocycles. The lowest BCUT2D eigenvalue weighted by Crippen LogP contribution is -2.64. The van der Waals surface area contributed by atoms with Gasteiger partial charge in [-0.15, -0.1) is 6.58 Å². The van der Waals surface area contributed by atoms with E-state index >= 15 is 0 Å². The van der Waals surface area contributed by atoms with Crippen molar-refractivity contribution in [2.75, 3.05) is 26.4 Å². The molecule has 1 N–H and O–H groups in total. The summed E-state index contributed by atoms with van der Waals surface area (Å²) in [6, 6.07) is 0.641. The van der Waals surface area contributed by atoms with Crippen LogP contribution in [0.3, 0.4) is 0 Å². The Hall–Kier alpha value is -0.380. The van der Waals surface area contributed by atoms with Crippen LogP contribution in [-0.2, 0) is 9.47 Å². The lowest BCUT2D eigenvalue weighted by atomic mass is 9.55. The number of ether oxygens (including phenoxy) is 2. The third-order valence-electron chi connectivity index (χ3n) is 5.04. The second-order valence-corrected chi connectivity index (χ2v) is 6.17. The third-order valence-corrected chi connectivity index (χ3v) is 5.04. The van der Waals surface area contributed by atoms with Crippen molar-refractivity contribution in [3.05, 3.63) is 12.7 Å². The zero-order chi connectivity index (χ0) is 14.3. The topological polar surface area (TPSA) is 30.5 Å². The minimum Gasteiger partial charge on any atom is -0.380 e. The summed E-state index contributed by atoms with van der Waals surface area (Å²) in [5.41, 5.74) is 0.426. The maximum atomic E-state index is 5.98. The summed E-state index contributed by atoms with van der Waals surface area (Å²) in [5, 5.41) is 3.71. The number of hydrogen-bond donors (Lipinski definition) is 1. The minimum atomic E-state index is 0.426. The van der Waals surface area contributed by atoms with Gasteiger partial charge in [0.05, 0.1) is 19.3 Å². The first-order chi connectivity index (χ1) is 9.83. The standard InChI is InChI=1S/C17H31NO2/c1-3-5-12-19-13-11-18-15-14-16(20-4-2)17(15)9-7-6-8-10-17/h3,15-16,18H,1,4-14H2,2H3. The Morgan fingerprint density at radius 3 is 2.75 bits per heavy atom. The second kappa shape index (κ2) is 8.16. The largest absolute Gasteiger partial charge is 0.380 e. The Kier molecular flexibility index (Phi) is 6.53. The van der Waals surface area contributed by atoms with E-state index in [9.17, 15) is 0 Å². The Morgan fingerprint density at radius 2 is 2.05 bits per heavy atom. The van der Waals surface area contributed by atoms with Gasteiger partial charge in [-0.1, -0.05) is 25.3 Å². The summed E-state index contributed by atoms with van der Waals surface area (Å²) in [6.45, 7) is 9.23. The Bertz CT molecular complexity index is 287. The first kappa shape index (κ1) is 16.0. The molecule has 2 saturated carbocycles. The Labute approximate surface area is 124 Å². The van der Waals surface area contributed by atoms with E-state index in [4.69, 9.17) is 9.47 Å². The zero-order valence-corrected chi connectivity index (χ0v) is 13.0. The molecule has 0 saturated heterocycles. The van der Waals surface area contributed by atoms with Gasteiger partial charge in [0.1, 0.15) is 0 Å². The molecule has 0 amide bonds. The van der Waals surface area contributed by atoms with Crippen molar-refractivity contribution in [1.29, 1.82) is 0 Å². The third kappa shape index (κ3) is 3.63. The zero-order valence-electron chi connectivity index (χ0n) is 13.0. The van der Waals surface area contributed by atoms with Crippen LogP contribution in [0.15, 0.2) is 12.7 Å². The van der Waals surface area contributed by atoms with Crippen molar-refractivity contribution in [2.45, 2.75) is 64.0 Å². The monoisotopic (exact) mass is 281 g/mol. The Balaban J connectivity index is 1.72. The fourth-order valence-corrected chi connectivity index (χ4v) is 3.92. The molecule has 0 aromatic rings. The molecule has 0 heterocycles. The SMILES string of the molecule is C=CCCOCCNC1CC(OCC)C12CCCCC2. The highest BCUT2D eigenvalue weighted by atomic mass is 16.5. The van der Waals surface area contributed by atoms with Crippen LogP contribution >= 0.6 is 0 Å². The van der Waals surface area contributed by atoms with Crippen LogP contribution in [0.4, 0.5) is 0 Å². The lowest BCUT2D eigenvalue weighted by molar-refractivity contribution is -0.150. The molecule has 0 aromatic carbocycles. The molecule has 2 rings (SSSR count). The number of hydrogen-bond acceptors (Lipinski definition) is 3. The fraction of sp³-hybridized carbons (Fsp3) is 0.882. The van der Waals surface area contributed by atoms with E-state index in [1.807, 2.05) is 6.08 Å². The van der Waals surface area contributed by atoms with Crippen LogP contribution in [0, 0.1) is 5.41 Å². The molecule has 0 aliphatic heterocycles. The molecule has 0 aromatic heterocycles. The lowest BCUT2D eigenvalue weighted by Gasteiger charge is -2.58. The van der Waals surface area contributed by atoms with Gasteiger partial charge in [0, 0.05) is 24.6 Å². The van der Waals surface area contributed by atoms with E-state index in [1.165, 1.54) is 38.5 Å².